The summed E-state index contributed by atoms with van der Waals surface area (Å²) >= 11 is 0. The molecule has 2 atom stereocenters. The van der Waals surface area contributed by atoms with Crippen molar-refractivity contribution in [2.24, 2.45) is 10.8 Å². The third kappa shape index (κ3) is 2.54. The first-order valence-electron chi connectivity index (χ1n) is 8.75. The maximum Gasteiger partial charge on any atom is 0.0260 e. The first-order valence-corrected chi connectivity index (χ1v) is 8.75. The lowest BCUT2D eigenvalue weighted by Gasteiger charge is -2.38. The van der Waals surface area contributed by atoms with Crippen LogP contribution in [0.5, 0.6) is 0 Å². The molecule has 2 unspecified atom stereocenters. The summed E-state index contributed by atoms with van der Waals surface area (Å²) in [5.41, 5.74) is 1.22. The van der Waals surface area contributed by atoms with Crippen LogP contribution < -0.4 is 0 Å². The van der Waals surface area contributed by atoms with Gasteiger partial charge in [0.05, 0.1) is 0 Å². The molecule has 116 valence electrons. The molecule has 0 radical (unpaired) electrons. The molecule has 0 aromatic heterocycles. The van der Waals surface area contributed by atoms with E-state index in [1.807, 2.05) is 0 Å². The van der Waals surface area contributed by atoms with E-state index < -0.39 is 0 Å². The highest BCUT2D eigenvalue weighted by Crippen LogP contribution is 2.57. The van der Waals surface area contributed by atoms with Crippen molar-refractivity contribution in [3.8, 4) is 0 Å². The number of likely N-dealkylation sites (tertiary alicyclic amines) is 2. The summed E-state index contributed by atoms with van der Waals surface area (Å²) in [5.74, 6) is 0. The predicted molar refractivity (Wildman–Crippen MR) is 85.9 cm³/mol. The molecule has 0 aromatic rings. The highest BCUT2D eigenvalue weighted by atomic mass is 15.3. The Hall–Kier alpha value is -0.0800. The molecule has 3 aliphatic rings. The predicted octanol–water partition coefficient (Wildman–Crippen LogP) is 3.76. The summed E-state index contributed by atoms with van der Waals surface area (Å²) in [6, 6.07) is 2.98. The average molecular weight is 278 g/mol. The van der Waals surface area contributed by atoms with Gasteiger partial charge in [-0.15, -0.1) is 0 Å². The van der Waals surface area contributed by atoms with Crippen molar-refractivity contribution >= 4 is 0 Å². The SMILES string of the molecule is CC(C)N1CC(C)(C)CC1C1CC2(CC2)CN1C(C)C. The third-order valence-corrected chi connectivity index (χ3v) is 6.11. The van der Waals surface area contributed by atoms with Gasteiger partial charge in [-0.1, -0.05) is 13.8 Å². The van der Waals surface area contributed by atoms with Crippen LogP contribution in [0.15, 0.2) is 0 Å². The van der Waals surface area contributed by atoms with E-state index in [0.717, 1.165) is 17.5 Å². The molecular formula is C18H34N2. The molecule has 2 saturated heterocycles. The molecule has 0 amide bonds. The number of hydrogen-bond acceptors (Lipinski definition) is 2. The van der Waals surface area contributed by atoms with Gasteiger partial charge in [0, 0.05) is 37.3 Å². The standard InChI is InChI=1S/C18H34N2/c1-13(2)19-11-17(5,6)9-15(19)16-10-18(7-8-18)12-20(16)14(3)4/h13-16H,7-12H2,1-6H3. The van der Waals surface area contributed by atoms with E-state index in [2.05, 4.69) is 51.3 Å². The van der Waals surface area contributed by atoms with Gasteiger partial charge in [-0.3, -0.25) is 9.80 Å². The smallest absolute Gasteiger partial charge is 0.0260 e. The second-order valence-electron chi connectivity index (χ2n) is 9.24. The van der Waals surface area contributed by atoms with E-state index in [0.29, 0.717) is 17.5 Å². The van der Waals surface area contributed by atoms with E-state index in [4.69, 9.17) is 0 Å². The second kappa shape index (κ2) is 4.71. The topological polar surface area (TPSA) is 6.48 Å². The van der Waals surface area contributed by atoms with Gasteiger partial charge in [-0.2, -0.15) is 0 Å². The van der Waals surface area contributed by atoms with Gasteiger partial charge >= 0.3 is 0 Å². The van der Waals surface area contributed by atoms with Gasteiger partial charge in [-0.05, 0) is 64.2 Å². The fourth-order valence-corrected chi connectivity index (χ4v) is 4.87. The molecule has 3 rings (SSSR count). The Morgan fingerprint density at radius 1 is 0.800 bits per heavy atom. The fourth-order valence-electron chi connectivity index (χ4n) is 4.87. The Morgan fingerprint density at radius 3 is 1.80 bits per heavy atom. The Kier molecular flexibility index (Phi) is 3.49. The molecule has 0 bridgehead atoms. The zero-order valence-corrected chi connectivity index (χ0v) is 14.4. The number of nitrogens with zero attached hydrogens (tertiary/aromatic N) is 2. The lowest BCUT2D eigenvalue weighted by atomic mass is 9.87. The van der Waals surface area contributed by atoms with Crippen molar-refractivity contribution in [2.45, 2.75) is 91.4 Å². The molecule has 2 aliphatic heterocycles. The molecular weight excluding hydrogens is 244 g/mol. The average Bonchev–Trinajstić information content (AvgIpc) is 2.81. The highest BCUT2D eigenvalue weighted by molar-refractivity contribution is 5.10. The molecule has 2 heteroatoms. The van der Waals surface area contributed by atoms with E-state index in [1.54, 1.807) is 0 Å². The minimum absolute atomic E-state index is 0.497. The summed E-state index contributed by atoms with van der Waals surface area (Å²) < 4.78 is 0. The van der Waals surface area contributed by atoms with E-state index in [9.17, 15) is 0 Å². The monoisotopic (exact) mass is 278 g/mol. The molecule has 1 aliphatic carbocycles. The van der Waals surface area contributed by atoms with E-state index >= 15 is 0 Å². The Bertz CT molecular complexity index is 344. The molecule has 20 heavy (non-hydrogen) atoms. The highest BCUT2D eigenvalue weighted by Gasteiger charge is 2.56. The van der Waals surface area contributed by atoms with Crippen molar-refractivity contribution in [1.82, 2.24) is 9.80 Å². The Labute approximate surface area is 125 Å². The van der Waals surface area contributed by atoms with Crippen LogP contribution in [-0.4, -0.2) is 47.1 Å². The quantitative estimate of drug-likeness (QED) is 0.775. The zero-order valence-electron chi connectivity index (χ0n) is 14.4. The Morgan fingerprint density at radius 2 is 1.30 bits per heavy atom. The first-order chi connectivity index (χ1) is 9.23. The Balaban J connectivity index is 1.82. The van der Waals surface area contributed by atoms with Crippen molar-refractivity contribution in [3.63, 3.8) is 0 Å². The van der Waals surface area contributed by atoms with Gasteiger partial charge in [0.1, 0.15) is 0 Å². The molecule has 1 spiro atoms. The van der Waals surface area contributed by atoms with Crippen molar-refractivity contribution < 1.29 is 0 Å². The van der Waals surface area contributed by atoms with E-state index in [-0.39, 0.29) is 0 Å². The van der Waals surface area contributed by atoms with Gasteiger partial charge < -0.3 is 0 Å². The van der Waals surface area contributed by atoms with Crippen LogP contribution in [0.2, 0.25) is 0 Å². The van der Waals surface area contributed by atoms with Crippen LogP contribution >= 0.6 is 0 Å². The van der Waals surface area contributed by atoms with Crippen molar-refractivity contribution in [2.75, 3.05) is 13.1 Å². The fraction of sp³-hybridized carbons (Fsp3) is 1.00. The summed E-state index contributed by atoms with van der Waals surface area (Å²) in [6.07, 6.45) is 5.83. The summed E-state index contributed by atoms with van der Waals surface area (Å²) in [7, 11) is 0. The van der Waals surface area contributed by atoms with Gasteiger partial charge in [-0.25, -0.2) is 0 Å². The molecule has 2 nitrogen and oxygen atoms in total. The van der Waals surface area contributed by atoms with Crippen LogP contribution in [0, 0.1) is 10.8 Å². The van der Waals surface area contributed by atoms with Crippen LogP contribution in [0.3, 0.4) is 0 Å². The molecule has 0 aromatic carbocycles. The third-order valence-electron chi connectivity index (χ3n) is 6.11. The minimum atomic E-state index is 0.497. The van der Waals surface area contributed by atoms with E-state index in [1.165, 1.54) is 38.8 Å². The van der Waals surface area contributed by atoms with Crippen molar-refractivity contribution in [3.05, 3.63) is 0 Å². The summed E-state index contributed by atoms with van der Waals surface area (Å²) in [6.45, 7) is 17.1. The van der Waals surface area contributed by atoms with Gasteiger partial charge in [0.2, 0.25) is 0 Å². The lowest BCUT2D eigenvalue weighted by molar-refractivity contribution is 0.0931. The normalized spacial score (nSPS) is 36.6. The maximum absolute atomic E-state index is 2.84. The van der Waals surface area contributed by atoms with Crippen molar-refractivity contribution in [1.29, 1.82) is 0 Å². The first kappa shape index (κ1) is 14.8. The lowest BCUT2D eigenvalue weighted by Crippen LogP contribution is -2.50. The number of hydrogen-bond donors (Lipinski definition) is 0. The van der Waals surface area contributed by atoms with Crippen LogP contribution in [-0.2, 0) is 0 Å². The molecule has 0 N–H and O–H groups in total. The summed E-state index contributed by atoms with van der Waals surface area (Å²) in [4.78, 5) is 5.65. The van der Waals surface area contributed by atoms with Crippen LogP contribution in [0.4, 0.5) is 0 Å². The molecule has 2 heterocycles. The zero-order chi connectivity index (χ0) is 14.7. The maximum atomic E-state index is 2.84. The van der Waals surface area contributed by atoms with Crippen LogP contribution in [0.25, 0.3) is 0 Å². The van der Waals surface area contributed by atoms with Crippen LogP contribution in [0.1, 0.15) is 67.2 Å². The number of rotatable bonds is 3. The second-order valence-corrected chi connectivity index (χ2v) is 9.24. The minimum Gasteiger partial charge on any atom is -0.296 e. The molecule has 3 fully saturated rings. The van der Waals surface area contributed by atoms with Gasteiger partial charge in [0.25, 0.3) is 0 Å². The summed E-state index contributed by atoms with van der Waals surface area (Å²) in [5, 5.41) is 0. The largest absolute Gasteiger partial charge is 0.296 e. The molecule has 1 saturated carbocycles. The van der Waals surface area contributed by atoms with Gasteiger partial charge in [0.15, 0.2) is 0 Å².